The molecule has 3 saturated heterocycles. The lowest BCUT2D eigenvalue weighted by Crippen LogP contribution is -2.54. The summed E-state index contributed by atoms with van der Waals surface area (Å²) < 4.78 is 5.40. The Morgan fingerprint density at radius 1 is 1.14 bits per heavy atom. The molecule has 0 spiro atoms. The van der Waals surface area contributed by atoms with Crippen LogP contribution in [0, 0.1) is 0 Å². The second kappa shape index (κ2) is 6.75. The lowest BCUT2D eigenvalue weighted by Gasteiger charge is -2.41. The largest absolute Gasteiger partial charge is 0.379 e. The molecule has 3 aliphatic heterocycles. The van der Waals surface area contributed by atoms with Gasteiger partial charge < -0.3 is 14.5 Å². The maximum Gasteiger partial charge on any atom is 0.242 e. The third kappa shape index (κ3) is 3.55. The summed E-state index contributed by atoms with van der Waals surface area (Å²) in [5, 5.41) is 0. The lowest BCUT2D eigenvalue weighted by atomic mass is 10.0. The molecular formula is C15H25N3O3. The summed E-state index contributed by atoms with van der Waals surface area (Å²) in [6.07, 6.45) is 3.71. The van der Waals surface area contributed by atoms with Gasteiger partial charge in [0.25, 0.3) is 0 Å². The molecule has 0 aromatic heterocycles. The molecular weight excluding hydrogens is 270 g/mol. The number of likely N-dealkylation sites (tertiary alicyclic amines) is 2. The van der Waals surface area contributed by atoms with Crippen molar-refractivity contribution < 1.29 is 14.3 Å². The molecule has 6 heteroatoms. The molecule has 0 saturated carbocycles. The zero-order valence-electron chi connectivity index (χ0n) is 12.6. The molecule has 3 fully saturated rings. The van der Waals surface area contributed by atoms with Crippen LogP contribution in [0.1, 0.15) is 25.7 Å². The minimum absolute atomic E-state index is 0.114. The first-order valence-corrected chi connectivity index (χ1v) is 8.11. The molecule has 0 aromatic rings. The molecule has 0 N–H and O–H groups in total. The van der Waals surface area contributed by atoms with E-state index < -0.39 is 0 Å². The summed E-state index contributed by atoms with van der Waals surface area (Å²) in [6.45, 7) is 6.19. The van der Waals surface area contributed by atoms with Crippen LogP contribution in [0.25, 0.3) is 0 Å². The van der Waals surface area contributed by atoms with Crippen LogP contribution < -0.4 is 0 Å². The van der Waals surface area contributed by atoms with Gasteiger partial charge in [0.1, 0.15) is 0 Å². The molecule has 3 heterocycles. The molecule has 0 bridgehead atoms. The first-order valence-electron chi connectivity index (χ1n) is 8.11. The van der Waals surface area contributed by atoms with Crippen molar-refractivity contribution in [2.24, 2.45) is 0 Å². The summed E-state index contributed by atoms with van der Waals surface area (Å²) in [5.74, 6) is 0.244. The summed E-state index contributed by atoms with van der Waals surface area (Å²) in [5.41, 5.74) is 0. The molecule has 3 rings (SSSR count). The molecule has 2 amide bonds. The molecule has 118 valence electrons. The predicted octanol–water partition coefficient (Wildman–Crippen LogP) is -0.0680. The van der Waals surface area contributed by atoms with Crippen molar-refractivity contribution in [1.82, 2.24) is 14.7 Å². The Hall–Kier alpha value is -1.14. The summed E-state index contributed by atoms with van der Waals surface area (Å²) in [7, 11) is 0. The number of nitrogens with zero attached hydrogens (tertiary/aromatic N) is 3. The fraction of sp³-hybridized carbons (Fsp3) is 0.867. The summed E-state index contributed by atoms with van der Waals surface area (Å²) >= 11 is 0. The highest BCUT2D eigenvalue weighted by Gasteiger charge is 2.30. The van der Waals surface area contributed by atoms with Crippen LogP contribution >= 0.6 is 0 Å². The molecule has 0 radical (unpaired) electrons. The zero-order chi connectivity index (χ0) is 14.7. The quantitative estimate of drug-likeness (QED) is 0.731. The van der Waals surface area contributed by atoms with E-state index in [9.17, 15) is 9.59 Å². The van der Waals surface area contributed by atoms with E-state index in [1.54, 1.807) is 4.90 Å². The number of ether oxygens (including phenoxy) is 1. The summed E-state index contributed by atoms with van der Waals surface area (Å²) in [4.78, 5) is 30.2. The Bertz CT molecular complexity index is 396. The monoisotopic (exact) mass is 295 g/mol. The van der Waals surface area contributed by atoms with Gasteiger partial charge in [-0.2, -0.15) is 0 Å². The van der Waals surface area contributed by atoms with Gasteiger partial charge in [-0.1, -0.05) is 0 Å². The van der Waals surface area contributed by atoms with Gasteiger partial charge in [0, 0.05) is 45.2 Å². The standard InChI is InChI=1S/C15H25N3O3/c19-14-4-2-6-18(14)12-15(20)17-5-1-3-13(11-17)16-7-9-21-10-8-16/h13H,1-12H2/t13-/m0/s1. The maximum atomic E-state index is 12.4. The van der Waals surface area contributed by atoms with E-state index >= 15 is 0 Å². The normalized spacial score (nSPS) is 28.2. The minimum atomic E-state index is 0.114. The van der Waals surface area contributed by atoms with Crippen LogP contribution in [0.4, 0.5) is 0 Å². The lowest BCUT2D eigenvalue weighted by molar-refractivity contribution is -0.140. The number of hydrogen-bond acceptors (Lipinski definition) is 4. The molecule has 0 unspecified atom stereocenters. The second-order valence-corrected chi connectivity index (χ2v) is 6.20. The van der Waals surface area contributed by atoms with Crippen LogP contribution in [-0.4, -0.2) is 85.0 Å². The highest BCUT2D eigenvalue weighted by Crippen LogP contribution is 2.18. The number of rotatable bonds is 3. The first kappa shape index (κ1) is 14.8. The van der Waals surface area contributed by atoms with Crippen molar-refractivity contribution in [3.63, 3.8) is 0 Å². The predicted molar refractivity (Wildman–Crippen MR) is 77.8 cm³/mol. The highest BCUT2D eigenvalue weighted by molar-refractivity contribution is 5.85. The number of hydrogen-bond donors (Lipinski definition) is 0. The second-order valence-electron chi connectivity index (χ2n) is 6.20. The molecule has 0 aliphatic carbocycles. The van der Waals surface area contributed by atoms with E-state index in [2.05, 4.69) is 4.90 Å². The van der Waals surface area contributed by atoms with Gasteiger partial charge in [0.05, 0.1) is 19.8 Å². The fourth-order valence-electron chi connectivity index (χ4n) is 3.56. The SMILES string of the molecule is O=C1CCCN1CC(=O)N1CCC[C@H](N2CCOCC2)C1. The van der Waals surface area contributed by atoms with Gasteiger partial charge in [-0.3, -0.25) is 14.5 Å². The van der Waals surface area contributed by atoms with E-state index in [1.165, 1.54) is 0 Å². The molecule has 3 aliphatic rings. The fourth-order valence-corrected chi connectivity index (χ4v) is 3.56. The van der Waals surface area contributed by atoms with Gasteiger partial charge in [0.2, 0.25) is 11.8 Å². The zero-order valence-corrected chi connectivity index (χ0v) is 12.6. The smallest absolute Gasteiger partial charge is 0.242 e. The van der Waals surface area contributed by atoms with E-state index in [4.69, 9.17) is 4.74 Å². The Morgan fingerprint density at radius 2 is 1.95 bits per heavy atom. The third-order valence-corrected chi connectivity index (χ3v) is 4.81. The van der Waals surface area contributed by atoms with E-state index in [0.29, 0.717) is 12.5 Å². The first-order chi connectivity index (χ1) is 10.2. The van der Waals surface area contributed by atoms with Crippen LogP contribution in [0.15, 0.2) is 0 Å². The van der Waals surface area contributed by atoms with E-state index in [-0.39, 0.29) is 18.4 Å². The average Bonchev–Trinajstić information content (AvgIpc) is 2.93. The van der Waals surface area contributed by atoms with Crippen molar-refractivity contribution in [1.29, 1.82) is 0 Å². The number of carbonyl (C=O) groups excluding carboxylic acids is 2. The van der Waals surface area contributed by atoms with Gasteiger partial charge in [-0.05, 0) is 19.3 Å². The number of morpholine rings is 1. The van der Waals surface area contributed by atoms with Crippen LogP contribution in [-0.2, 0) is 14.3 Å². The molecule has 6 nitrogen and oxygen atoms in total. The van der Waals surface area contributed by atoms with E-state index in [0.717, 1.165) is 65.2 Å². The number of piperidine rings is 1. The van der Waals surface area contributed by atoms with Gasteiger partial charge in [-0.15, -0.1) is 0 Å². The van der Waals surface area contributed by atoms with Crippen LogP contribution in [0.5, 0.6) is 0 Å². The Kier molecular flexibility index (Phi) is 4.75. The van der Waals surface area contributed by atoms with Crippen LogP contribution in [0.2, 0.25) is 0 Å². The Balaban J connectivity index is 1.52. The molecule has 1 atom stereocenters. The third-order valence-electron chi connectivity index (χ3n) is 4.81. The van der Waals surface area contributed by atoms with Gasteiger partial charge in [0.15, 0.2) is 0 Å². The van der Waals surface area contributed by atoms with Crippen molar-refractivity contribution in [3.05, 3.63) is 0 Å². The van der Waals surface area contributed by atoms with Crippen LogP contribution in [0.3, 0.4) is 0 Å². The topological polar surface area (TPSA) is 53.1 Å². The summed E-state index contributed by atoms with van der Waals surface area (Å²) in [6, 6.07) is 0.459. The van der Waals surface area contributed by atoms with Crippen molar-refractivity contribution in [2.75, 3.05) is 52.5 Å². The van der Waals surface area contributed by atoms with Crippen molar-refractivity contribution in [3.8, 4) is 0 Å². The Labute approximate surface area is 126 Å². The van der Waals surface area contributed by atoms with E-state index in [1.807, 2.05) is 4.90 Å². The molecule has 0 aromatic carbocycles. The number of amides is 2. The van der Waals surface area contributed by atoms with Gasteiger partial charge >= 0.3 is 0 Å². The molecule has 21 heavy (non-hydrogen) atoms. The van der Waals surface area contributed by atoms with Crippen molar-refractivity contribution in [2.45, 2.75) is 31.7 Å². The van der Waals surface area contributed by atoms with Crippen molar-refractivity contribution >= 4 is 11.8 Å². The maximum absolute atomic E-state index is 12.4. The minimum Gasteiger partial charge on any atom is -0.379 e. The van der Waals surface area contributed by atoms with Gasteiger partial charge in [-0.25, -0.2) is 0 Å². The highest BCUT2D eigenvalue weighted by atomic mass is 16.5. The Morgan fingerprint density at radius 3 is 2.67 bits per heavy atom. The number of carbonyl (C=O) groups is 2. The average molecular weight is 295 g/mol.